The second-order valence-corrected chi connectivity index (χ2v) is 8.97. The van der Waals surface area contributed by atoms with Crippen molar-refractivity contribution in [2.24, 2.45) is 0 Å². The number of nitrogens with one attached hydrogen (secondary N) is 1. The lowest BCUT2D eigenvalue weighted by Crippen LogP contribution is -2.42. The van der Waals surface area contributed by atoms with Crippen molar-refractivity contribution in [1.82, 2.24) is 9.71 Å². The molecule has 2 unspecified atom stereocenters. The van der Waals surface area contributed by atoms with Crippen molar-refractivity contribution >= 4 is 33.6 Å². The third-order valence-electron chi connectivity index (χ3n) is 2.05. The highest BCUT2D eigenvalue weighted by Gasteiger charge is 2.30. The predicted octanol–water partition coefficient (Wildman–Crippen LogP) is 2.88. The van der Waals surface area contributed by atoms with E-state index in [0.29, 0.717) is 5.69 Å². The van der Waals surface area contributed by atoms with E-state index in [9.17, 15) is 8.60 Å². The van der Waals surface area contributed by atoms with E-state index in [0.717, 1.165) is 6.20 Å². The Morgan fingerprint density at radius 3 is 2.35 bits per heavy atom. The van der Waals surface area contributed by atoms with E-state index in [-0.39, 0.29) is 10.6 Å². The quantitative estimate of drug-likeness (QED) is 0.505. The molecule has 0 saturated heterocycles. The Balaban J connectivity index is 2.89. The number of hydrogen-bond acceptors (Lipinski definition) is 2. The molecule has 0 aliphatic carbocycles. The molecule has 3 nitrogen and oxygen atoms in total. The van der Waals surface area contributed by atoms with Crippen LogP contribution in [0.3, 0.4) is 0 Å². The van der Waals surface area contributed by atoms with Crippen LogP contribution in [-0.4, -0.2) is 13.9 Å². The lowest BCUT2D eigenvalue weighted by atomic mass is 10.2. The lowest BCUT2D eigenvalue weighted by Gasteiger charge is -2.27. The number of rotatable bonds is 3. The van der Waals surface area contributed by atoms with Gasteiger partial charge in [-0.05, 0) is 39.8 Å². The molecule has 0 aliphatic heterocycles. The summed E-state index contributed by atoms with van der Waals surface area (Å²) < 4.78 is 26.9. The standard InChI is InChI=1S/C11H16FIN2OS/c1-10(2,3)17(16)15-11(4,13)9-6-5-8(12)7-14-9/h5-7,15H,1-4H3. The fourth-order valence-corrected chi connectivity index (χ4v) is 2.71. The van der Waals surface area contributed by atoms with Crippen LogP contribution < -0.4 is 4.72 Å². The molecule has 0 fully saturated rings. The van der Waals surface area contributed by atoms with E-state index in [1.807, 2.05) is 27.7 Å². The van der Waals surface area contributed by atoms with E-state index >= 15 is 0 Å². The van der Waals surface area contributed by atoms with Gasteiger partial charge >= 0.3 is 0 Å². The first-order valence-electron chi connectivity index (χ1n) is 5.13. The van der Waals surface area contributed by atoms with Crippen LogP contribution in [0.2, 0.25) is 0 Å². The fraction of sp³-hybridized carbons (Fsp3) is 0.545. The molecule has 1 rings (SSSR count). The molecular formula is C11H16FIN2OS. The zero-order valence-corrected chi connectivity index (χ0v) is 13.2. The van der Waals surface area contributed by atoms with E-state index < -0.39 is 14.5 Å². The summed E-state index contributed by atoms with van der Waals surface area (Å²) in [5.74, 6) is -0.377. The molecule has 0 amide bonds. The molecule has 17 heavy (non-hydrogen) atoms. The second-order valence-electron chi connectivity index (χ2n) is 4.85. The van der Waals surface area contributed by atoms with Gasteiger partial charge in [0.2, 0.25) is 0 Å². The van der Waals surface area contributed by atoms with Crippen LogP contribution in [0.5, 0.6) is 0 Å². The minimum atomic E-state index is -1.20. The maximum absolute atomic E-state index is 12.8. The SMILES string of the molecule is CC(I)(NS(=O)C(C)(C)C)c1ccc(F)cn1. The Bertz CT molecular complexity index is 414. The van der Waals surface area contributed by atoms with Gasteiger partial charge in [0.15, 0.2) is 0 Å². The van der Waals surface area contributed by atoms with Crippen molar-refractivity contribution in [3.8, 4) is 0 Å². The first kappa shape index (κ1) is 15.0. The van der Waals surface area contributed by atoms with Gasteiger partial charge in [0, 0.05) is 0 Å². The first-order chi connectivity index (χ1) is 7.63. The third kappa shape index (κ3) is 4.26. The molecule has 0 aromatic carbocycles. The summed E-state index contributed by atoms with van der Waals surface area (Å²) in [5, 5.41) is 0. The molecule has 1 heterocycles. The maximum atomic E-state index is 12.8. The summed E-state index contributed by atoms with van der Waals surface area (Å²) in [7, 11) is -1.20. The third-order valence-corrected chi connectivity index (χ3v) is 4.94. The summed E-state index contributed by atoms with van der Waals surface area (Å²) in [5.41, 5.74) is 0.650. The smallest absolute Gasteiger partial charge is 0.141 e. The van der Waals surface area contributed by atoms with Gasteiger partial charge in [-0.3, -0.25) is 4.98 Å². The average molecular weight is 370 g/mol. The Kier molecular flexibility index (Phi) is 4.65. The summed E-state index contributed by atoms with van der Waals surface area (Å²) in [4.78, 5) is 4.01. The van der Waals surface area contributed by atoms with Gasteiger partial charge in [-0.15, -0.1) is 0 Å². The van der Waals surface area contributed by atoms with E-state index in [2.05, 4.69) is 32.3 Å². The second kappa shape index (κ2) is 5.27. The molecule has 1 aromatic rings. The number of hydrogen-bond donors (Lipinski definition) is 1. The zero-order chi connectivity index (χ0) is 13.3. The molecule has 0 aliphatic rings. The van der Waals surface area contributed by atoms with Crippen LogP contribution in [0.4, 0.5) is 4.39 Å². The number of aromatic nitrogens is 1. The summed E-state index contributed by atoms with van der Waals surface area (Å²) >= 11 is 2.12. The fourth-order valence-electron chi connectivity index (χ4n) is 1.03. The van der Waals surface area contributed by atoms with Gasteiger partial charge in [-0.25, -0.2) is 13.3 Å². The van der Waals surface area contributed by atoms with Crippen LogP contribution in [0.15, 0.2) is 18.3 Å². The van der Waals surface area contributed by atoms with Gasteiger partial charge < -0.3 is 0 Å². The molecule has 0 bridgehead atoms. The minimum Gasteiger partial charge on any atom is -0.255 e. The highest BCUT2D eigenvalue weighted by atomic mass is 127. The maximum Gasteiger partial charge on any atom is 0.141 e. The monoisotopic (exact) mass is 370 g/mol. The molecule has 6 heteroatoms. The van der Waals surface area contributed by atoms with Gasteiger partial charge in [0.25, 0.3) is 0 Å². The molecule has 0 radical (unpaired) electrons. The van der Waals surface area contributed by atoms with Crippen LogP contribution >= 0.6 is 22.6 Å². The predicted molar refractivity (Wildman–Crippen MR) is 76.6 cm³/mol. The Labute approximate surface area is 117 Å². The van der Waals surface area contributed by atoms with Gasteiger partial charge in [-0.1, -0.05) is 22.6 Å². The molecule has 2 atom stereocenters. The number of nitrogens with zero attached hydrogens (tertiary/aromatic N) is 1. The molecule has 1 N–H and O–H groups in total. The largest absolute Gasteiger partial charge is 0.255 e. The van der Waals surface area contributed by atoms with Crippen LogP contribution in [-0.2, 0) is 14.5 Å². The van der Waals surface area contributed by atoms with Crippen molar-refractivity contribution < 1.29 is 8.60 Å². The van der Waals surface area contributed by atoms with Gasteiger partial charge in [0.1, 0.15) is 9.36 Å². The number of alkyl halides is 1. The molecule has 96 valence electrons. The molecule has 0 spiro atoms. The van der Waals surface area contributed by atoms with E-state index in [1.54, 1.807) is 6.07 Å². The molecule has 0 saturated carbocycles. The van der Waals surface area contributed by atoms with Crippen LogP contribution in [0, 0.1) is 5.82 Å². The first-order valence-corrected chi connectivity index (χ1v) is 7.36. The summed E-state index contributed by atoms with van der Waals surface area (Å²) in [6.07, 6.45) is 1.16. The zero-order valence-electron chi connectivity index (χ0n) is 10.3. The molecular weight excluding hydrogens is 354 g/mol. The van der Waals surface area contributed by atoms with E-state index in [1.165, 1.54) is 6.07 Å². The Hall–Kier alpha value is -0.0800. The lowest BCUT2D eigenvalue weighted by molar-refractivity contribution is 0.591. The van der Waals surface area contributed by atoms with Crippen LogP contribution in [0.25, 0.3) is 0 Å². The topological polar surface area (TPSA) is 42.0 Å². The minimum absolute atomic E-state index is 0.355. The normalized spacial score (nSPS) is 17.5. The van der Waals surface area contributed by atoms with Gasteiger partial charge in [0.05, 0.1) is 27.6 Å². The van der Waals surface area contributed by atoms with E-state index in [4.69, 9.17) is 0 Å². The van der Waals surface area contributed by atoms with Crippen molar-refractivity contribution in [2.75, 3.05) is 0 Å². The highest BCUT2D eigenvalue weighted by Crippen LogP contribution is 2.28. The average Bonchev–Trinajstić information content (AvgIpc) is 2.16. The Morgan fingerprint density at radius 1 is 1.35 bits per heavy atom. The summed E-state index contributed by atoms with van der Waals surface area (Å²) in [6.45, 7) is 7.53. The van der Waals surface area contributed by atoms with Crippen molar-refractivity contribution in [3.63, 3.8) is 0 Å². The van der Waals surface area contributed by atoms with Crippen LogP contribution in [0.1, 0.15) is 33.4 Å². The van der Waals surface area contributed by atoms with Gasteiger partial charge in [-0.2, -0.15) is 0 Å². The molecule has 1 aromatic heterocycles. The number of halogens is 2. The summed E-state index contributed by atoms with van der Waals surface area (Å²) in [6, 6.07) is 2.94. The Morgan fingerprint density at radius 2 is 1.94 bits per heavy atom. The van der Waals surface area contributed by atoms with Crippen molar-refractivity contribution in [1.29, 1.82) is 0 Å². The van der Waals surface area contributed by atoms with Crippen molar-refractivity contribution in [3.05, 3.63) is 29.8 Å². The number of pyridine rings is 1. The van der Waals surface area contributed by atoms with Crippen molar-refractivity contribution in [2.45, 2.75) is 36.0 Å². The highest BCUT2D eigenvalue weighted by molar-refractivity contribution is 14.1.